The lowest BCUT2D eigenvalue weighted by molar-refractivity contribution is 0.0215. The van der Waals surface area contributed by atoms with Gasteiger partial charge in [-0.2, -0.15) is 0 Å². The summed E-state index contributed by atoms with van der Waals surface area (Å²) in [6, 6.07) is 2.00. The molecule has 1 aliphatic rings. The topological polar surface area (TPSA) is 50.3 Å². The van der Waals surface area contributed by atoms with Crippen LogP contribution in [0.15, 0.2) is 6.07 Å². The van der Waals surface area contributed by atoms with Gasteiger partial charge in [0.15, 0.2) is 0 Å². The van der Waals surface area contributed by atoms with E-state index in [1.54, 1.807) is 0 Å². The van der Waals surface area contributed by atoms with E-state index in [1.807, 2.05) is 13.0 Å². The summed E-state index contributed by atoms with van der Waals surface area (Å²) >= 11 is 0. The number of likely N-dealkylation sites (N-methyl/N-ethyl adjacent to an activating group) is 1. The number of hydrogen-bond acceptors (Lipinski definition) is 5. The molecule has 2 heterocycles. The molecule has 0 radical (unpaired) electrons. The van der Waals surface area contributed by atoms with Crippen LogP contribution in [0.3, 0.4) is 0 Å². The first-order chi connectivity index (χ1) is 9.19. The van der Waals surface area contributed by atoms with Gasteiger partial charge in [-0.15, -0.1) is 0 Å². The number of nitrogens with zero attached hydrogens (tertiary/aromatic N) is 3. The van der Waals surface area contributed by atoms with Crippen LogP contribution >= 0.6 is 0 Å². The van der Waals surface area contributed by atoms with Crippen LogP contribution in [-0.2, 0) is 4.74 Å². The molecule has 1 aromatic heterocycles. The molecule has 1 aromatic rings. The summed E-state index contributed by atoms with van der Waals surface area (Å²) in [4.78, 5) is 11.0. The monoisotopic (exact) mass is 264 g/mol. The number of hydrogen-bond donors (Lipinski definition) is 1. The number of anilines is 2. The van der Waals surface area contributed by atoms with Gasteiger partial charge in [0.1, 0.15) is 17.5 Å². The SMILES string of the molecule is CCNc1cc(N(C)CC2CCCCO2)nc(C)n1. The van der Waals surface area contributed by atoms with Crippen LogP contribution in [-0.4, -0.2) is 42.8 Å². The van der Waals surface area contributed by atoms with Gasteiger partial charge in [0.05, 0.1) is 6.10 Å². The fourth-order valence-electron chi connectivity index (χ4n) is 2.37. The Kier molecular flexibility index (Phi) is 4.96. The van der Waals surface area contributed by atoms with Gasteiger partial charge in [0.2, 0.25) is 0 Å². The third-order valence-corrected chi connectivity index (χ3v) is 3.32. The first kappa shape index (κ1) is 14.1. The van der Waals surface area contributed by atoms with Gasteiger partial charge < -0.3 is 15.0 Å². The fraction of sp³-hybridized carbons (Fsp3) is 0.714. The molecule has 106 valence electrons. The van der Waals surface area contributed by atoms with Gasteiger partial charge in [0, 0.05) is 32.8 Å². The van der Waals surface area contributed by atoms with Crippen LogP contribution in [0.2, 0.25) is 0 Å². The largest absolute Gasteiger partial charge is 0.376 e. The zero-order valence-electron chi connectivity index (χ0n) is 12.1. The third kappa shape index (κ3) is 4.06. The molecule has 0 spiro atoms. The molecular weight excluding hydrogens is 240 g/mol. The molecule has 5 heteroatoms. The standard InChI is InChI=1S/C14H24N4O/c1-4-15-13-9-14(17-11(2)16-13)18(3)10-12-7-5-6-8-19-12/h9,12H,4-8,10H2,1-3H3,(H,15,16,17). The highest BCUT2D eigenvalue weighted by Crippen LogP contribution is 2.18. The van der Waals surface area contributed by atoms with Gasteiger partial charge in [-0.1, -0.05) is 0 Å². The second-order valence-corrected chi connectivity index (χ2v) is 5.06. The summed E-state index contributed by atoms with van der Waals surface area (Å²) in [5.41, 5.74) is 0. The summed E-state index contributed by atoms with van der Waals surface area (Å²) in [6.45, 7) is 6.64. The van der Waals surface area contributed by atoms with E-state index in [0.29, 0.717) is 6.10 Å². The smallest absolute Gasteiger partial charge is 0.134 e. The van der Waals surface area contributed by atoms with Crippen molar-refractivity contribution in [2.75, 3.05) is 37.0 Å². The van der Waals surface area contributed by atoms with Crippen molar-refractivity contribution in [3.05, 3.63) is 11.9 Å². The lowest BCUT2D eigenvalue weighted by Crippen LogP contribution is -2.33. The number of aryl methyl sites for hydroxylation is 1. The van der Waals surface area contributed by atoms with Crippen molar-refractivity contribution in [2.24, 2.45) is 0 Å². The van der Waals surface area contributed by atoms with Gasteiger partial charge in [0.25, 0.3) is 0 Å². The highest BCUT2D eigenvalue weighted by molar-refractivity contribution is 5.48. The van der Waals surface area contributed by atoms with Crippen molar-refractivity contribution in [3.63, 3.8) is 0 Å². The summed E-state index contributed by atoms with van der Waals surface area (Å²) in [7, 11) is 2.06. The fourth-order valence-corrected chi connectivity index (χ4v) is 2.37. The molecule has 1 N–H and O–H groups in total. The number of rotatable bonds is 5. The Morgan fingerprint density at radius 2 is 2.26 bits per heavy atom. The predicted molar refractivity (Wildman–Crippen MR) is 77.8 cm³/mol. The van der Waals surface area contributed by atoms with Crippen molar-refractivity contribution < 1.29 is 4.74 Å². The molecule has 2 rings (SSSR count). The summed E-state index contributed by atoms with van der Waals surface area (Å²) < 4.78 is 5.78. The number of aromatic nitrogens is 2. The van der Waals surface area contributed by atoms with Crippen molar-refractivity contribution in [1.82, 2.24) is 9.97 Å². The maximum Gasteiger partial charge on any atom is 0.134 e. The van der Waals surface area contributed by atoms with Crippen LogP contribution in [0, 0.1) is 6.92 Å². The normalized spacial score (nSPS) is 19.2. The Morgan fingerprint density at radius 1 is 1.42 bits per heavy atom. The molecule has 1 unspecified atom stereocenters. The molecule has 5 nitrogen and oxygen atoms in total. The summed E-state index contributed by atoms with van der Waals surface area (Å²) in [5.74, 6) is 2.64. The Bertz CT molecular complexity index is 404. The molecular formula is C14H24N4O. The first-order valence-corrected chi connectivity index (χ1v) is 7.11. The third-order valence-electron chi connectivity index (χ3n) is 3.32. The molecule has 0 bridgehead atoms. The van der Waals surface area contributed by atoms with Crippen LogP contribution in [0.1, 0.15) is 32.0 Å². The quantitative estimate of drug-likeness (QED) is 0.883. The predicted octanol–water partition coefficient (Wildman–Crippen LogP) is 2.22. The zero-order valence-corrected chi connectivity index (χ0v) is 12.1. The van der Waals surface area contributed by atoms with Crippen LogP contribution in [0.25, 0.3) is 0 Å². The second kappa shape index (κ2) is 6.70. The molecule has 0 amide bonds. The van der Waals surface area contributed by atoms with Crippen molar-refractivity contribution in [3.8, 4) is 0 Å². The van der Waals surface area contributed by atoms with Gasteiger partial charge in [-0.25, -0.2) is 9.97 Å². The maximum absolute atomic E-state index is 5.78. The molecule has 0 aliphatic carbocycles. The molecule has 1 fully saturated rings. The highest BCUT2D eigenvalue weighted by Gasteiger charge is 2.17. The van der Waals surface area contributed by atoms with Crippen LogP contribution < -0.4 is 10.2 Å². The van der Waals surface area contributed by atoms with E-state index >= 15 is 0 Å². The minimum absolute atomic E-state index is 0.330. The zero-order chi connectivity index (χ0) is 13.7. The van der Waals surface area contributed by atoms with E-state index in [9.17, 15) is 0 Å². The molecule has 0 aromatic carbocycles. The minimum Gasteiger partial charge on any atom is -0.376 e. The highest BCUT2D eigenvalue weighted by atomic mass is 16.5. The second-order valence-electron chi connectivity index (χ2n) is 5.06. The molecule has 1 atom stereocenters. The average molecular weight is 264 g/mol. The van der Waals surface area contributed by atoms with Gasteiger partial charge in [-0.05, 0) is 33.1 Å². The Labute approximate surface area is 115 Å². The van der Waals surface area contributed by atoms with Crippen molar-refractivity contribution in [1.29, 1.82) is 0 Å². The Balaban J connectivity index is 2.02. The van der Waals surface area contributed by atoms with E-state index in [2.05, 4.69) is 34.2 Å². The van der Waals surface area contributed by atoms with Crippen LogP contribution in [0.4, 0.5) is 11.6 Å². The summed E-state index contributed by atoms with van der Waals surface area (Å²) in [5, 5.41) is 3.24. The van der Waals surface area contributed by atoms with Crippen LogP contribution in [0.5, 0.6) is 0 Å². The van der Waals surface area contributed by atoms with E-state index in [-0.39, 0.29) is 0 Å². The van der Waals surface area contributed by atoms with E-state index < -0.39 is 0 Å². The van der Waals surface area contributed by atoms with Crippen molar-refractivity contribution >= 4 is 11.6 Å². The Morgan fingerprint density at radius 3 is 2.95 bits per heavy atom. The summed E-state index contributed by atoms with van der Waals surface area (Å²) in [6.07, 6.45) is 3.94. The molecule has 19 heavy (non-hydrogen) atoms. The maximum atomic E-state index is 5.78. The van der Waals surface area contributed by atoms with Crippen molar-refractivity contribution in [2.45, 2.75) is 39.2 Å². The molecule has 1 aliphatic heterocycles. The Hall–Kier alpha value is -1.36. The minimum atomic E-state index is 0.330. The van der Waals surface area contributed by atoms with Gasteiger partial charge >= 0.3 is 0 Å². The van der Waals surface area contributed by atoms with Gasteiger partial charge in [-0.3, -0.25) is 0 Å². The van der Waals surface area contributed by atoms with E-state index in [0.717, 1.165) is 43.6 Å². The molecule has 0 saturated carbocycles. The average Bonchev–Trinajstić information content (AvgIpc) is 2.39. The lowest BCUT2D eigenvalue weighted by Gasteiger charge is -2.28. The molecule has 1 saturated heterocycles. The number of ether oxygens (including phenoxy) is 1. The number of nitrogens with one attached hydrogen (secondary N) is 1. The van der Waals surface area contributed by atoms with E-state index in [1.165, 1.54) is 12.8 Å². The van der Waals surface area contributed by atoms with E-state index in [4.69, 9.17) is 4.74 Å². The first-order valence-electron chi connectivity index (χ1n) is 7.11. The lowest BCUT2D eigenvalue weighted by atomic mass is 10.1.